The second kappa shape index (κ2) is 7.60. The van der Waals surface area contributed by atoms with E-state index in [2.05, 4.69) is 25.8 Å². The zero-order valence-electron chi connectivity index (χ0n) is 14.5. The Balaban J connectivity index is 1.56. The summed E-state index contributed by atoms with van der Waals surface area (Å²) < 4.78 is 11.4. The lowest BCUT2D eigenvalue weighted by molar-refractivity contribution is -0.152. The van der Waals surface area contributed by atoms with Crippen molar-refractivity contribution < 1.29 is 13.9 Å². The molecule has 0 amide bonds. The first-order chi connectivity index (χ1) is 11.5. The van der Waals surface area contributed by atoms with Crippen molar-refractivity contribution in [1.82, 2.24) is 4.98 Å². The van der Waals surface area contributed by atoms with E-state index in [1.54, 1.807) is 0 Å². The van der Waals surface area contributed by atoms with Crippen molar-refractivity contribution in [2.45, 2.75) is 51.4 Å². The number of nitrogens with zero attached hydrogens (tertiary/aromatic N) is 1. The van der Waals surface area contributed by atoms with Crippen LogP contribution in [-0.2, 0) is 9.53 Å². The summed E-state index contributed by atoms with van der Waals surface area (Å²) in [4.78, 5) is 16.6. The molecule has 1 aliphatic rings. The monoisotopic (exact) mass is 347 g/mol. The van der Waals surface area contributed by atoms with Crippen molar-refractivity contribution in [1.29, 1.82) is 0 Å². The second-order valence-corrected chi connectivity index (χ2v) is 8.02. The molecule has 0 aliphatic heterocycles. The van der Waals surface area contributed by atoms with Crippen LogP contribution in [0.4, 0.5) is 0 Å². The SMILES string of the molecule is CC(C)[C@H]1CC[C@@H](C)C[C@@H]1OC(=O)CSc1nc2ccccc2o1. The third kappa shape index (κ3) is 4.12. The van der Waals surface area contributed by atoms with Gasteiger partial charge < -0.3 is 9.15 Å². The standard InChI is InChI=1S/C19H25NO3S/c1-12(2)14-9-8-13(3)10-17(14)22-18(21)11-24-19-20-15-6-4-5-7-16(15)23-19/h4-7,12-14,17H,8-11H2,1-3H3/t13-,14-,17+/m1/s1. The van der Waals surface area contributed by atoms with Gasteiger partial charge in [0.2, 0.25) is 0 Å². The second-order valence-electron chi connectivity index (χ2n) is 7.09. The molecule has 3 atom stereocenters. The number of rotatable bonds is 5. The summed E-state index contributed by atoms with van der Waals surface area (Å²) >= 11 is 1.30. The maximum atomic E-state index is 12.3. The summed E-state index contributed by atoms with van der Waals surface area (Å²) in [5.41, 5.74) is 1.56. The minimum Gasteiger partial charge on any atom is -0.461 e. The number of esters is 1. The largest absolute Gasteiger partial charge is 0.461 e. The van der Waals surface area contributed by atoms with E-state index in [4.69, 9.17) is 9.15 Å². The van der Waals surface area contributed by atoms with Gasteiger partial charge in [-0.15, -0.1) is 0 Å². The predicted octanol–water partition coefficient (Wildman–Crippen LogP) is 4.92. The Morgan fingerprint density at radius 2 is 2.17 bits per heavy atom. The molecule has 130 valence electrons. The van der Waals surface area contributed by atoms with Crippen molar-refractivity contribution in [2.75, 3.05) is 5.75 Å². The van der Waals surface area contributed by atoms with Crippen LogP contribution in [0.2, 0.25) is 0 Å². The summed E-state index contributed by atoms with van der Waals surface area (Å²) in [5.74, 6) is 1.71. The van der Waals surface area contributed by atoms with Crippen LogP contribution < -0.4 is 0 Å². The summed E-state index contributed by atoms with van der Waals surface area (Å²) in [5, 5.41) is 0.519. The van der Waals surface area contributed by atoms with Crippen LogP contribution in [0.5, 0.6) is 0 Å². The topological polar surface area (TPSA) is 52.3 Å². The van der Waals surface area contributed by atoms with Gasteiger partial charge in [0.05, 0.1) is 0 Å². The van der Waals surface area contributed by atoms with Crippen molar-refractivity contribution in [2.24, 2.45) is 17.8 Å². The molecular weight excluding hydrogens is 322 g/mol. The molecule has 1 fully saturated rings. The first kappa shape index (κ1) is 17.3. The Kier molecular flexibility index (Phi) is 5.49. The van der Waals surface area contributed by atoms with Gasteiger partial charge in [-0.1, -0.05) is 51.1 Å². The maximum Gasteiger partial charge on any atom is 0.316 e. The normalized spacial score (nSPS) is 24.4. The summed E-state index contributed by atoms with van der Waals surface area (Å²) in [6.07, 6.45) is 3.40. The molecule has 0 saturated heterocycles. The fourth-order valence-electron chi connectivity index (χ4n) is 3.49. The number of fused-ring (bicyclic) bond motifs is 1. The van der Waals surface area contributed by atoms with Gasteiger partial charge in [0.1, 0.15) is 17.4 Å². The number of para-hydroxylation sites is 2. The van der Waals surface area contributed by atoms with Crippen molar-refractivity contribution in [3.63, 3.8) is 0 Å². The van der Waals surface area contributed by atoms with E-state index < -0.39 is 0 Å². The fraction of sp³-hybridized carbons (Fsp3) is 0.579. The molecule has 0 bridgehead atoms. The lowest BCUT2D eigenvalue weighted by Gasteiger charge is -2.36. The maximum absolute atomic E-state index is 12.3. The third-order valence-electron chi connectivity index (χ3n) is 4.83. The van der Waals surface area contributed by atoms with Gasteiger partial charge >= 0.3 is 5.97 Å². The lowest BCUT2D eigenvalue weighted by atomic mass is 9.75. The van der Waals surface area contributed by atoms with Gasteiger partial charge in [0.25, 0.3) is 5.22 Å². The van der Waals surface area contributed by atoms with E-state index in [-0.39, 0.29) is 17.8 Å². The molecule has 2 aromatic rings. The van der Waals surface area contributed by atoms with Crippen LogP contribution >= 0.6 is 11.8 Å². The van der Waals surface area contributed by atoms with E-state index >= 15 is 0 Å². The molecule has 1 heterocycles. The molecule has 0 radical (unpaired) electrons. The highest BCUT2D eigenvalue weighted by Crippen LogP contribution is 2.35. The Morgan fingerprint density at radius 3 is 2.92 bits per heavy atom. The number of ether oxygens (including phenoxy) is 1. The van der Waals surface area contributed by atoms with Crippen LogP contribution in [0.25, 0.3) is 11.1 Å². The Bertz CT molecular complexity index is 664. The number of thioether (sulfide) groups is 1. The number of carbonyl (C=O) groups is 1. The molecule has 1 saturated carbocycles. The van der Waals surface area contributed by atoms with Crippen molar-refractivity contribution >= 4 is 28.8 Å². The quantitative estimate of drug-likeness (QED) is 0.567. The first-order valence-electron chi connectivity index (χ1n) is 8.70. The number of aromatic nitrogens is 1. The lowest BCUT2D eigenvalue weighted by Crippen LogP contribution is -2.36. The highest BCUT2D eigenvalue weighted by Gasteiger charge is 2.33. The molecule has 3 rings (SSSR count). The molecule has 0 N–H and O–H groups in total. The molecule has 1 aliphatic carbocycles. The zero-order chi connectivity index (χ0) is 17.1. The minimum atomic E-state index is -0.174. The van der Waals surface area contributed by atoms with Crippen molar-refractivity contribution in [3.05, 3.63) is 24.3 Å². The molecule has 0 spiro atoms. The average Bonchev–Trinajstić information content (AvgIpc) is 2.95. The van der Waals surface area contributed by atoms with Crippen molar-refractivity contribution in [3.8, 4) is 0 Å². The van der Waals surface area contributed by atoms with Crippen LogP contribution in [0.3, 0.4) is 0 Å². The molecule has 4 nitrogen and oxygen atoms in total. The smallest absolute Gasteiger partial charge is 0.316 e. The number of carbonyl (C=O) groups excluding carboxylic acids is 1. The number of hydrogen-bond acceptors (Lipinski definition) is 5. The molecule has 24 heavy (non-hydrogen) atoms. The number of hydrogen-bond donors (Lipinski definition) is 0. The number of oxazole rings is 1. The summed E-state index contributed by atoms with van der Waals surface area (Å²) in [7, 11) is 0. The van der Waals surface area contributed by atoms with E-state index in [9.17, 15) is 4.79 Å². The van der Waals surface area contributed by atoms with E-state index in [1.165, 1.54) is 18.2 Å². The van der Waals surface area contributed by atoms with Gasteiger partial charge in [-0.25, -0.2) is 4.98 Å². The first-order valence-corrected chi connectivity index (χ1v) is 9.69. The highest BCUT2D eigenvalue weighted by atomic mass is 32.2. The Labute approximate surface area is 147 Å². The van der Waals surface area contributed by atoms with E-state index in [1.807, 2.05) is 24.3 Å². The van der Waals surface area contributed by atoms with Crippen LogP contribution in [0, 0.1) is 17.8 Å². The van der Waals surface area contributed by atoms with Crippen LogP contribution in [-0.4, -0.2) is 22.8 Å². The third-order valence-corrected chi connectivity index (χ3v) is 5.63. The molecule has 1 aromatic carbocycles. The molecular formula is C19H25NO3S. The summed E-state index contributed by atoms with van der Waals surface area (Å²) in [6.45, 7) is 6.67. The Hall–Kier alpha value is -1.49. The van der Waals surface area contributed by atoms with Gasteiger partial charge in [0.15, 0.2) is 5.58 Å². The predicted molar refractivity (Wildman–Crippen MR) is 96.0 cm³/mol. The van der Waals surface area contributed by atoms with Crippen LogP contribution in [0.1, 0.15) is 40.0 Å². The summed E-state index contributed by atoms with van der Waals surface area (Å²) in [6, 6.07) is 7.61. The van der Waals surface area contributed by atoms with E-state index in [0.717, 1.165) is 23.9 Å². The molecule has 1 aromatic heterocycles. The molecule has 0 unspecified atom stereocenters. The fourth-order valence-corrected chi connectivity index (χ4v) is 4.11. The minimum absolute atomic E-state index is 0.0467. The van der Waals surface area contributed by atoms with Gasteiger partial charge in [0, 0.05) is 0 Å². The van der Waals surface area contributed by atoms with Gasteiger partial charge in [-0.2, -0.15) is 0 Å². The zero-order valence-corrected chi connectivity index (χ0v) is 15.3. The number of benzene rings is 1. The average molecular weight is 347 g/mol. The molecule has 5 heteroatoms. The van der Waals surface area contributed by atoms with Crippen LogP contribution in [0.15, 0.2) is 33.9 Å². The van der Waals surface area contributed by atoms with E-state index in [0.29, 0.717) is 23.0 Å². The van der Waals surface area contributed by atoms with Gasteiger partial charge in [-0.3, -0.25) is 4.79 Å². The Morgan fingerprint density at radius 1 is 1.38 bits per heavy atom. The van der Waals surface area contributed by atoms with Gasteiger partial charge in [-0.05, 0) is 42.7 Å². The highest BCUT2D eigenvalue weighted by molar-refractivity contribution is 7.99.